The first-order valence-corrected chi connectivity index (χ1v) is 9.81. The number of carbonyl (C=O) groups is 1. The van der Waals surface area contributed by atoms with Crippen LogP contribution in [0.25, 0.3) is 0 Å². The lowest BCUT2D eigenvalue weighted by atomic mass is 9.43. The summed E-state index contributed by atoms with van der Waals surface area (Å²) in [5, 5.41) is 22.0. The average Bonchev–Trinajstić information content (AvgIpc) is 2.74. The number of halogens is 1. The fraction of sp³-hybridized carbons (Fsp3) is 0.857. The van der Waals surface area contributed by atoms with Gasteiger partial charge in [-0.2, -0.15) is 0 Å². The van der Waals surface area contributed by atoms with E-state index in [2.05, 4.69) is 0 Å². The zero-order valence-corrected chi connectivity index (χ0v) is 15.8. The van der Waals surface area contributed by atoms with E-state index in [0.29, 0.717) is 25.7 Å². The molecular weight excluding hydrogens is 319 g/mol. The number of hydrogen-bond acceptors (Lipinski definition) is 3. The highest BCUT2D eigenvalue weighted by molar-refractivity contribution is 5.93. The quantitative estimate of drug-likeness (QED) is 0.702. The van der Waals surface area contributed by atoms with E-state index in [0.717, 1.165) is 18.4 Å². The largest absolute Gasteiger partial charge is 0.390 e. The van der Waals surface area contributed by atoms with Gasteiger partial charge in [0.15, 0.2) is 5.78 Å². The molecule has 0 aromatic rings. The second-order valence-electron chi connectivity index (χ2n) is 9.98. The highest BCUT2D eigenvalue weighted by atomic mass is 19.1. The number of alkyl halides is 1. The van der Waals surface area contributed by atoms with Crippen molar-refractivity contribution in [1.29, 1.82) is 0 Å². The number of hydrogen-bond donors (Lipinski definition) is 2. The summed E-state index contributed by atoms with van der Waals surface area (Å²) in [5.41, 5.74) is -2.90. The number of ketones is 1. The molecule has 4 rings (SSSR count). The topological polar surface area (TPSA) is 57.5 Å². The molecule has 0 spiro atoms. The Labute approximate surface area is 149 Å². The molecule has 2 N–H and O–H groups in total. The van der Waals surface area contributed by atoms with Gasteiger partial charge in [0.2, 0.25) is 0 Å². The molecular formula is C21H31FO3. The molecule has 3 nitrogen and oxygen atoms in total. The number of fused-ring (bicyclic) bond motifs is 5. The van der Waals surface area contributed by atoms with Gasteiger partial charge in [0.25, 0.3) is 0 Å². The maximum Gasteiger partial charge on any atom is 0.158 e. The SMILES string of the molecule is C[C@@H]1C[C@@]2(C)C(=CC1=O)CC[C@H]1[C@@H]3CC[C@@](C)(O)[C@@]3(C)C[C@@H](O)[C@@]12F. The molecule has 0 radical (unpaired) electrons. The molecule has 0 unspecified atom stereocenters. The van der Waals surface area contributed by atoms with Crippen molar-refractivity contribution in [3.05, 3.63) is 11.6 Å². The van der Waals surface area contributed by atoms with E-state index in [1.807, 2.05) is 27.7 Å². The molecule has 3 saturated carbocycles. The molecule has 25 heavy (non-hydrogen) atoms. The number of aliphatic hydroxyl groups is 2. The Hall–Kier alpha value is -0.740. The van der Waals surface area contributed by atoms with Crippen molar-refractivity contribution in [1.82, 2.24) is 0 Å². The molecule has 0 aromatic carbocycles. The predicted octanol–water partition coefficient (Wildman–Crippen LogP) is 3.58. The monoisotopic (exact) mass is 350 g/mol. The van der Waals surface area contributed by atoms with Gasteiger partial charge in [0.05, 0.1) is 11.7 Å². The summed E-state index contributed by atoms with van der Waals surface area (Å²) >= 11 is 0. The summed E-state index contributed by atoms with van der Waals surface area (Å²) in [6, 6.07) is 0. The van der Waals surface area contributed by atoms with Gasteiger partial charge in [0, 0.05) is 22.7 Å². The lowest BCUT2D eigenvalue weighted by molar-refractivity contribution is -0.226. The van der Waals surface area contributed by atoms with Crippen LogP contribution >= 0.6 is 0 Å². The Morgan fingerprint density at radius 2 is 1.84 bits per heavy atom. The molecule has 0 amide bonds. The van der Waals surface area contributed by atoms with Crippen LogP contribution in [0.4, 0.5) is 4.39 Å². The molecule has 0 saturated heterocycles. The predicted molar refractivity (Wildman–Crippen MR) is 93.6 cm³/mol. The molecule has 4 aliphatic rings. The van der Waals surface area contributed by atoms with E-state index in [1.165, 1.54) is 0 Å². The Morgan fingerprint density at radius 3 is 2.52 bits per heavy atom. The van der Waals surface area contributed by atoms with Crippen LogP contribution in [0.2, 0.25) is 0 Å². The van der Waals surface area contributed by atoms with E-state index in [1.54, 1.807) is 6.08 Å². The van der Waals surface area contributed by atoms with Crippen molar-refractivity contribution < 1.29 is 19.4 Å². The Kier molecular flexibility index (Phi) is 3.50. The first kappa shape index (κ1) is 17.7. The zero-order valence-electron chi connectivity index (χ0n) is 15.8. The van der Waals surface area contributed by atoms with Gasteiger partial charge in [-0.25, -0.2) is 4.39 Å². The van der Waals surface area contributed by atoms with Crippen LogP contribution in [0, 0.1) is 28.6 Å². The molecule has 0 aliphatic heterocycles. The Balaban J connectivity index is 1.83. The molecule has 3 fully saturated rings. The van der Waals surface area contributed by atoms with Crippen molar-refractivity contribution in [2.45, 2.75) is 83.6 Å². The van der Waals surface area contributed by atoms with E-state index >= 15 is 4.39 Å². The van der Waals surface area contributed by atoms with Crippen molar-refractivity contribution >= 4 is 5.78 Å². The fourth-order valence-electron chi connectivity index (χ4n) is 7.11. The second kappa shape index (κ2) is 4.95. The van der Waals surface area contributed by atoms with Gasteiger partial charge in [0.1, 0.15) is 5.67 Å². The summed E-state index contributed by atoms with van der Waals surface area (Å²) in [5.74, 6) is -0.277. The van der Waals surface area contributed by atoms with E-state index in [4.69, 9.17) is 0 Å². The number of allylic oxidation sites excluding steroid dienone is 1. The van der Waals surface area contributed by atoms with Crippen molar-refractivity contribution in [3.63, 3.8) is 0 Å². The van der Waals surface area contributed by atoms with Crippen LogP contribution in [-0.2, 0) is 4.79 Å². The summed E-state index contributed by atoms with van der Waals surface area (Å²) in [7, 11) is 0. The van der Waals surface area contributed by atoms with Gasteiger partial charge >= 0.3 is 0 Å². The summed E-state index contributed by atoms with van der Waals surface area (Å²) in [6.45, 7) is 7.68. The third kappa shape index (κ3) is 1.91. The van der Waals surface area contributed by atoms with Crippen LogP contribution in [0.1, 0.15) is 66.2 Å². The molecule has 0 bridgehead atoms. The zero-order chi connectivity index (χ0) is 18.4. The van der Waals surface area contributed by atoms with Crippen molar-refractivity contribution in [2.75, 3.05) is 0 Å². The second-order valence-corrected chi connectivity index (χ2v) is 9.98. The molecule has 4 aliphatic carbocycles. The van der Waals surface area contributed by atoms with Crippen LogP contribution in [-0.4, -0.2) is 33.4 Å². The Bertz CT molecular complexity index is 656. The van der Waals surface area contributed by atoms with Crippen LogP contribution in [0.5, 0.6) is 0 Å². The first-order valence-electron chi connectivity index (χ1n) is 9.81. The average molecular weight is 350 g/mol. The number of aliphatic hydroxyl groups excluding tert-OH is 1. The van der Waals surface area contributed by atoms with Gasteiger partial charge in [-0.3, -0.25) is 4.79 Å². The number of rotatable bonds is 0. The normalized spacial score (nSPS) is 58.2. The molecule has 140 valence electrons. The highest BCUT2D eigenvalue weighted by Crippen LogP contribution is 2.70. The van der Waals surface area contributed by atoms with Crippen LogP contribution < -0.4 is 0 Å². The summed E-state index contributed by atoms with van der Waals surface area (Å²) < 4.78 is 16.8. The minimum atomic E-state index is -1.71. The Morgan fingerprint density at radius 1 is 1.16 bits per heavy atom. The lowest BCUT2D eigenvalue weighted by Crippen LogP contribution is -2.68. The highest BCUT2D eigenvalue weighted by Gasteiger charge is 2.72. The van der Waals surface area contributed by atoms with Gasteiger partial charge in [-0.1, -0.05) is 26.3 Å². The minimum absolute atomic E-state index is 0.0854. The van der Waals surface area contributed by atoms with E-state index in [-0.39, 0.29) is 23.5 Å². The molecule has 0 aromatic heterocycles. The maximum atomic E-state index is 16.8. The summed E-state index contributed by atoms with van der Waals surface area (Å²) in [6.07, 6.45) is 4.21. The number of carbonyl (C=O) groups excluding carboxylic acids is 1. The van der Waals surface area contributed by atoms with Gasteiger partial charge in [-0.15, -0.1) is 0 Å². The third-order valence-corrected chi connectivity index (χ3v) is 8.91. The van der Waals surface area contributed by atoms with Gasteiger partial charge < -0.3 is 10.2 Å². The van der Waals surface area contributed by atoms with Crippen LogP contribution in [0.15, 0.2) is 11.6 Å². The van der Waals surface area contributed by atoms with Crippen molar-refractivity contribution in [2.24, 2.45) is 28.6 Å². The molecule has 8 atom stereocenters. The maximum absolute atomic E-state index is 16.8. The minimum Gasteiger partial charge on any atom is -0.390 e. The van der Waals surface area contributed by atoms with Crippen molar-refractivity contribution in [3.8, 4) is 0 Å². The molecule has 0 heterocycles. The molecule has 4 heteroatoms. The van der Waals surface area contributed by atoms with E-state index in [9.17, 15) is 15.0 Å². The fourth-order valence-corrected chi connectivity index (χ4v) is 7.11. The van der Waals surface area contributed by atoms with Crippen LogP contribution in [0.3, 0.4) is 0 Å². The smallest absolute Gasteiger partial charge is 0.158 e. The third-order valence-electron chi connectivity index (χ3n) is 8.91. The lowest BCUT2D eigenvalue weighted by Gasteiger charge is -2.63. The van der Waals surface area contributed by atoms with E-state index < -0.39 is 28.2 Å². The van der Waals surface area contributed by atoms with Gasteiger partial charge in [-0.05, 0) is 57.4 Å². The first-order chi connectivity index (χ1) is 11.5. The standard InChI is InChI=1S/C21H31FO3/c1-12-10-18(2)13(9-16(12)23)5-6-15-14-7-8-20(4,25)19(14,3)11-17(24)21(15,18)22/h9,12,14-15,17,24-25H,5-8,10-11H2,1-4H3/t12-,14+,15+,17-,18+,19+,20-,21+/m1/s1. The summed E-state index contributed by atoms with van der Waals surface area (Å²) in [4.78, 5) is 12.2.